The van der Waals surface area contributed by atoms with Gasteiger partial charge in [-0.3, -0.25) is 4.79 Å². The number of thiophene rings is 1. The lowest BCUT2D eigenvalue weighted by Crippen LogP contribution is -2.25. The molecule has 3 nitrogen and oxygen atoms in total. The van der Waals surface area contributed by atoms with Crippen LogP contribution >= 0.6 is 22.7 Å². The van der Waals surface area contributed by atoms with Crippen LogP contribution in [-0.2, 0) is 11.2 Å². The van der Waals surface area contributed by atoms with E-state index in [9.17, 15) is 4.79 Å². The molecule has 5 heteroatoms. The fraction of sp³-hybridized carbons (Fsp3) is 0.167. The molecule has 1 N–H and O–H groups in total. The summed E-state index contributed by atoms with van der Waals surface area (Å²) >= 11 is 3.21. The van der Waals surface area contributed by atoms with Crippen molar-refractivity contribution in [2.24, 2.45) is 0 Å². The number of aromatic nitrogens is 1. The summed E-state index contributed by atoms with van der Waals surface area (Å²) in [5, 5.41) is 9.71. The number of rotatable bonds is 5. The third kappa shape index (κ3) is 3.25. The molecule has 0 saturated heterocycles. The highest BCUT2D eigenvalue weighted by atomic mass is 32.1. The van der Waals surface area contributed by atoms with Crippen LogP contribution < -0.4 is 5.32 Å². The number of carbonyl (C=O) groups is 1. The molecule has 2 rings (SSSR count). The fourth-order valence-electron chi connectivity index (χ4n) is 1.32. The first-order chi connectivity index (χ1) is 8.29. The zero-order valence-corrected chi connectivity index (χ0v) is 10.8. The van der Waals surface area contributed by atoms with Crippen LogP contribution in [0.4, 0.5) is 0 Å². The van der Waals surface area contributed by atoms with Crippen molar-refractivity contribution >= 4 is 28.6 Å². The van der Waals surface area contributed by atoms with E-state index in [1.807, 2.05) is 16.8 Å². The van der Waals surface area contributed by atoms with E-state index in [1.54, 1.807) is 28.7 Å². The third-order valence-electron chi connectivity index (χ3n) is 2.11. The maximum Gasteiger partial charge on any atom is 0.226 e. The van der Waals surface area contributed by atoms with Gasteiger partial charge in [0.1, 0.15) is 5.01 Å². The summed E-state index contributed by atoms with van der Waals surface area (Å²) in [7, 11) is 0. The van der Waals surface area contributed by atoms with Crippen molar-refractivity contribution in [1.82, 2.24) is 10.3 Å². The minimum atomic E-state index is -0.0212. The van der Waals surface area contributed by atoms with Gasteiger partial charge in [-0.1, -0.05) is 6.08 Å². The van der Waals surface area contributed by atoms with Crippen LogP contribution in [-0.4, -0.2) is 17.4 Å². The Labute approximate surface area is 108 Å². The molecule has 0 aliphatic rings. The fourth-order valence-corrected chi connectivity index (χ4v) is 2.85. The summed E-state index contributed by atoms with van der Waals surface area (Å²) in [5.41, 5.74) is 1.94. The summed E-state index contributed by atoms with van der Waals surface area (Å²) in [4.78, 5) is 15.9. The van der Waals surface area contributed by atoms with Crippen LogP contribution in [0.3, 0.4) is 0 Å². The number of nitrogens with one attached hydrogen (secondary N) is 1. The molecule has 1 amide bonds. The highest BCUT2D eigenvalue weighted by Crippen LogP contribution is 2.25. The molecule has 0 aliphatic carbocycles. The van der Waals surface area contributed by atoms with E-state index in [1.165, 1.54) is 0 Å². The molecule has 0 aromatic carbocycles. The molecule has 0 aliphatic heterocycles. The van der Waals surface area contributed by atoms with Crippen LogP contribution in [0.15, 0.2) is 34.9 Å². The second-order valence-electron chi connectivity index (χ2n) is 3.43. The summed E-state index contributed by atoms with van der Waals surface area (Å²) < 4.78 is 0. The average Bonchev–Trinajstić information content (AvgIpc) is 2.95. The van der Waals surface area contributed by atoms with Crippen molar-refractivity contribution in [2.45, 2.75) is 6.42 Å². The van der Waals surface area contributed by atoms with Gasteiger partial charge in [-0.2, -0.15) is 11.3 Å². The molecule has 0 unspecified atom stereocenters. The molecule has 0 spiro atoms. The van der Waals surface area contributed by atoms with Gasteiger partial charge < -0.3 is 5.32 Å². The second kappa shape index (κ2) is 5.75. The summed E-state index contributed by atoms with van der Waals surface area (Å²) in [6.07, 6.45) is 1.99. The number of amides is 1. The van der Waals surface area contributed by atoms with Crippen LogP contribution in [0, 0.1) is 0 Å². The molecule has 2 aromatic rings. The van der Waals surface area contributed by atoms with Gasteiger partial charge in [0, 0.05) is 22.9 Å². The van der Waals surface area contributed by atoms with E-state index in [-0.39, 0.29) is 5.91 Å². The molecule has 0 atom stereocenters. The zero-order chi connectivity index (χ0) is 12.1. The van der Waals surface area contributed by atoms with Gasteiger partial charge in [-0.05, 0) is 11.4 Å². The molecular formula is C12H12N2OS2. The van der Waals surface area contributed by atoms with Gasteiger partial charge in [0.2, 0.25) is 5.91 Å². The highest BCUT2D eigenvalue weighted by molar-refractivity contribution is 7.14. The minimum Gasteiger partial charge on any atom is -0.352 e. The first-order valence-electron chi connectivity index (χ1n) is 5.14. The number of hydrogen-bond acceptors (Lipinski definition) is 4. The molecule has 2 aromatic heterocycles. The number of carbonyl (C=O) groups excluding carboxylic acids is 1. The average molecular weight is 264 g/mol. The standard InChI is InChI=1S/C12H12N2OS2/c1-2-4-13-11(15)6-10-8-17-12(14-10)9-3-5-16-7-9/h2-3,5,7-8H,1,4,6H2,(H,13,15). The SMILES string of the molecule is C=CCNC(=O)Cc1csc(-c2ccsc2)n1. The largest absolute Gasteiger partial charge is 0.352 e. The summed E-state index contributed by atoms with van der Waals surface area (Å²) in [6.45, 7) is 4.05. The maximum absolute atomic E-state index is 11.5. The third-order valence-corrected chi connectivity index (χ3v) is 3.73. The predicted molar refractivity (Wildman–Crippen MR) is 72.3 cm³/mol. The quantitative estimate of drug-likeness (QED) is 0.844. The van der Waals surface area contributed by atoms with Crippen molar-refractivity contribution in [3.05, 3.63) is 40.6 Å². The lowest BCUT2D eigenvalue weighted by Gasteiger charge is -1.98. The molecule has 88 valence electrons. The lowest BCUT2D eigenvalue weighted by molar-refractivity contribution is -0.120. The number of hydrogen-bond donors (Lipinski definition) is 1. The van der Waals surface area contributed by atoms with Crippen molar-refractivity contribution < 1.29 is 4.79 Å². The second-order valence-corrected chi connectivity index (χ2v) is 5.06. The highest BCUT2D eigenvalue weighted by Gasteiger charge is 2.08. The van der Waals surface area contributed by atoms with Gasteiger partial charge in [0.15, 0.2) is 0 Å². The van der Waals surface area contributed by atoms with Gasteiger partial charge in [0.05, 0.1) is 12.1 Å². The molecule has 0 saturated carbocycles. The summed E-state index contributed by atoms with van der Waals surface area (Å²) in [6, 6.07) is 2.03. The molecule has 0 bridgehead atoms. The van der Waals surface area contributed by atoms with E-state index in [2.05, 4.69) is 22.3 Å². The van der Waals surface area contributed by atoms with E-state index in [4.69, 9.17) is 0 Å². The van der Waals surface area contributed by atoms with E-state index >= 15 is 0 Å². The van der Waals surface area contributed by atoms with Crippen molar-refractivity contribution in [2.75, 3.05) is 6.54 Å². The molecule has 17 heavy (non-hydrogen) atoms. The molecule has 0 radical (unpaired) electrons. The van der Waals surface area contributed by atoms with E-state index in [0.717, 1.165) is 16.3 Å². The Morgan fingerprint density at radius 3 is 3.12 bits per heavy atom. The molecule has 0 fully saturated rings. The Morgan fingerprint density at radius 2 is 2.41 bits per heavy atom. The van der Waals surface area contributed by atoms with E-state index in [0.29, 0.717) is 13.0 Å². The zero-order valence-electron chi connectivity index (χ0n) is 9.18. The van der Waals surface area contributed by atoms with Gasteiger partial charge in [-0.15, -0.1) is 17.9 Å². The first-order valence-corrected chi connectivity index (χ1v) is 6.96. The number of thiazole rings is 1. The van der Waals surface area contributed by atoms with Crippen molar-refractivity contribution in [3.63, 3.8) is 0 Å². The van der Waals surface area contributed by atoms with Crippen LogP contribution in [0.1, 0.15) is 5.69 Å². The number of nitrogens with zero attached hydrogens (tertiary/aromatic N) is 1. The van der Waals surface area contributed by atoms with Gasteiger partial charge >= 0.3 is 0 Å². The predicted octanol–water partition coefficient (Wildman–Crippen LogP) is 2.72. The van der Waals surface area contributed by atoms with Gasteiger partial charge in [-0.25, -0.2) is 4.98 Å². The summed E-state index contributed by atoms with van der Waals surface area (Å²) in [5.74, 6) is -0.0212. The van der Waals surface area contributed by atoms with E-state index < -0.39 is 0 Å². The Hall–Kier alpha value is -1.46. The normalized spacial score (nSPS) is 10.1. The smallest absolute Gasteiger partial charge is 0.226 e. The van der Waals surface area contributed by atoms with Crippen LogP contribution in [0.25, 0.3) is 10.6 Å². The Balaban J connectivity index is 1.99. The van der Waals surface area contributed by atoms with Crippen LogP contribution in [0.2, 0.25) is 0 Å². The molecular weight excluding hydrogens is 252 g/mol. The van der Waals surface area contributed by atoms with Crippen LogP contribution in [0.5, 0.6) is 0 Å². The monoisotopic (exact) mass is 264 g/mol. The first kappa shape index (κ1) is 12.0. The topological polar surface area (TPSA) is 42.0 Å². The van der Waals surface area contributed by atoms with Gasteiger partial charge in [0.25, 0.3) is 0 Å². The Bertz CT molecular complexity index is 502. The minimum absolute atomic E-state index is 0.0212. The van der Waals surface area contributed by atoms with Crippen molar-refractivity contribution in [1.29, 1.82) is 0 Å². The molecule has 2 heterocycles. The lowest BCUT2D eigenvalue weighted by atomic mass is 10.3. The Kier molecular flexibility index (Phi) is 4.06. The maximum atomic E-state index is 11.5. The Morgan fingerprint density at radius 1 is 1.53 bits per heavy atom. The van der Waals surface area contributed by atoms with Crippen molar-refractivity contribution in [3.8, 4) is 10.6 Å².